The Balaban J connectivity index is 2.58. The van der Waals surface area contributed by atoms with Gasteiger partial charge in [0.1, 0.15) is 5.75 Å². The molecule has 21 heavy (non-hydrogen) atoms. The van der Waals surface area contributed by atoms with E-state index in [1.165, 1.54) is 0 Å². The van der Waals surface area contributed by atoms with Crippen LogP contribution in [-0.4, -0.2) is 16.2 Å². The summed E-state index contributed by atoms with van der Waals surface area (Å²) in [7, 11) is 0. The lowest BCUT2D eigenvalue weighted by Gasteiger charge is -2.23. The van der Waals surface area contributed by atoms with E-state index in [-0.39, 0.29) is 11.7 Å². The summed E-state index contributed by atoms with van der Waals surface area (Å²) in [6.45, 7) is 5.39. The Morgan fingerprint density at radius 3 is 2.00 bits per heavy atom. The SMILES string of the molecule is Cc1cc(C(c2ccccc2)C(C)C(=O)O)cc(C)c1O. The normalized spacial score (nSPS) is 13.7. The van der Waals surface area contributed by atoms with Gasteiger partial charge in [-0.15, -0.1) is 0 Å². The van der Waals surface area contributed by atoms with Crippen LogP contribution in [0.3, 0.4) is 0 Å². The van der Waals surface area contributed by atoms with Gasteiger partial charge in [-0.25, -0.2) is 0 Å². The first kappa shape index (κ1) is 15.1. The number of aromatic hydroxyl groups is 1. The third-order valence-corrected chi connectivity index (χ3v) is 3.92. The summed E-state index contributed by atoms with van der Waals surface area (Å²) < 4.78 is 0. The molecule has 3 nitrogen and oxygen atoms in total. The molecule has 110 valence electrons. The van der Waals surface area contributed by atoms with Crippen LogP contribution in [-0.2, 0) is 4.79 Å². The monoisotopic (exact) mass is 284 g/mol. The first-order valence-electron chi connectivity index (χ1n) is 6.99. The third kappa shape index (κ3) is 3.07. The molecule has 0 saturated carbocycles. The molecule has 2 atom stereocenters. The van der Waals surface area contributed by atoms with E-state index in [2.05, 4.69) is 0 Å². The molecule has 0 aliphatic carbocycles. The van der Waals surface area contributed by atoms with Crippen molar-refractivity contribution in [1.82, 2.24) is 0 Å². The Bertz CT molecular complexity index is 624. The Kier molecular flexibility index (Phi) is 4.32. The maximum atomic E-state index is 11.5. The van der Waals surface area contributed by atoms with Crippen LogP contribution in [0.1, 0.15) is 35.1 Å². The zero-order chi connectivity index (χ0) is 15.6. The fraction of sp³-hybridized carbons (Fsp3) is 0.278. The zero-order valence-electron chi connectivity index (χ0n) is 12.5. The summed E-state index contributed by atoms with van der Waals surface area (Å²) in [5.74, 6) is -1.33. The highest BCUT2D eigenvalue weighted by molar-refractivity contribution is 5.72. The van der Waals surface area contributed by atoms with Crippen molar-refractivity contribution in [2.24, 2.45) is 5.92 Å². The second kappa shape index (κ2) is 6.00. The average Bonchev–Trinajstić information content (AvgIpc) is 2.46. The number of carboxylic acid groups (broad SMARTS) is 1. The first-order chi connectivity index (χ1) is 9.91. The molecular formula is C18H20O3. The molecule has 2 unspecified atom stereocenters. The van der Waals surface area contributed by atoms with Crippen LogP contribution in [0.4, 0.5) is 0 Å². The summed E-state index contributed by atoms with van der Waals surface area (Å²) in [4.78, 5) is 11.5. The minimum absolute atomic E-state index is 0.235. The van der Waals surface area contributed by atoms with E-state index in [0.717, 1.165) is 22.3 Å². The number of phenolic OH excluding ortho intramolecular Hbond substituents is 1. The molecule has 0 bridgehead atoms. The van der Waals surface area contributed by atoms with Crippen LogP contribution >= 0.6 is 0 Å². The van der Waals surface area contributed by atoms with Gasteiger partial charge >= 0.3 is 5.97 Å². The van der Waals surface area contributed by atoms with Crippen LogP contribution in [0.5, 0.6) is 5.75 Å². The summed E-state index contributed by atoms with van der Waals surface area (Å²) in [5, 5.41) is 19.3. The van der Waals surface area contributed by atoms with Gasteiger partial charge in [-0.3, -0.25) is 4.79 Å². The van der Waals surface area contributed by atoms with Crippen molar-refractivity contribution in [3.05, 3.63) is 64.7 Å². The summed E-state index contributed by atoms with van der Waals surface area (Å²) in [6, 6.07) is 13.4. The van der Waals surface area contributed by atoms with Crippen molar-refractivity contribution >= 4 is 5.97 Å². The number of rotatable bonds is 4. The topological polar surface area (TPSA) is 57.5 Å². The van der Waals surface area contributed by atoms with Gasteiger partial charge in [-0.2, -0.15) is 0 Å². The van der Waals surface area contributed by atoms with Crippen LogP contribution in [0.2, 0.25) is 0 Å². The molecular weight excluding hydrogens is 264 g/mol. The fourth-order valence-corrected chi connectivity index (χ4v) is 2.74. The molecule has 0 saturated heterocycles. The van der Waals surface area contributed by atoms with Gasteiger partial charge in [0.15, 0.2) is 0 Å². The van der Waals surface area contributed by atoms with E-state index in [4.69, 9.17) is 0 Å². The zero-order valence-corrected chi connectivity index (χ0v) is 12.5. The van der Waals surface area contributed by atoms with Crippen molar-refractivity contribution in [3.8, 4) is 5.75 Å². The van der Waals surface area contributed by atoms with Crippen molar-refractivity contribution in [3.63, 3.8) is 0 Å². The molecule has 0 heterocycles. The molecule has 0 radical (unpaired) electrons. The second-order valence-corrected chi connectivity index (χ2v) is 5.52. The largest absolute Gasteiger partial charge is 0.507 e. The Morgan fingerprint density at radius 2 is 1.52 bits per heavy atom. The molecule has 2 aromatic carbocycles. The van der Waals surface area contributed by atoms with Gasteiger partial charge < -0.3 is 10.2 Å². The average molecular weight is 284 g/mol. The number of carbonyl (C=O) groups is 1. The van der Waals surface area contributed by atoms with Gasteiger partial charge in [0.2, 0.25) is 0 Å². The van der Waals surface area contributed by atoms with Gasteiger partial charge in [0.05, 0.1) is 5.92 Å². The maximum Gasteiger partial charge on any atom is 0.307 e. The number of phenols is 1. The summed E-state index contributed by atoms with van der Waals surface area (Å²) in [6.07, 6.45) is 0. The highest BCUT2D eigenvalue weighted by atomic mass is 16.4. The van der Waals surface area contributed by atoms with E-state index >= 15 is 0 Å². The molecule has 0 aliphatic heterocycles. The number of hydrogen-bond donors (Lipinski definition) is 2. The predicted octanol–water partition coefficient (Wildman–Crippen LogP) is 3.86. The molecule has 2 rings (SSSR count). The van der Waals surface area contributed by atoms with E-state index in [1.54, 1.807) is 6.92 Å². The molecule has 0 aliphatic rings. The molecule has 2 aromatic rings. The van der Waals surface area contributed by atoms with E-state index in [0.29, 0.717) is 0 Å². The number of hydrogen-bond acceptors (Lipinski definition) is 2. The molecule has 0 spiro atoms. The van der Waals surface area contributed by atoms with Crippen LogP contribution in [0.25, 0.3) is 0 Å². The first-order valence-corrected chi connectivity index (χ1v) is 6.99. The predicted molar refractivity (Wildman–Crippen MR) is 82.7 cm³/mol. The lowest BCUT2D eigenvalue weighted by molar-refractivity contribution is -0.141. The lowest BCUT2D eigenvalue weighted by atomic mass is 9.80. The van der Waals surface area contributed by atoms with Crippen LogP contribution in [0.15, 0.2) is 42.5 Å². The summed E-state index contributed by atoms with van der Waals surface area (Å²) in [5.41, 5.74) is 3.42. The van der Waals surface area contributed by atoms with Gasteiger partial charge in [-0.1, -0.05) is 49.4 Å². The second-order valence-electron chi connectivity index (χ2n) is 5.52. The minimum atomic E-state index is -0.827. The van der Waals surface area contributed by atoms with Crippen molar-refractivity contribution in [2.75, 3.05) is 0 Å². The molecule has 0 fully saturated rings. The maximum absolute atomic E-state index is 11.5. The summed E-state index contributed by atoms with van der Waals surface area (Å²) >= 11 is 0. The molecule has 0 amide bonds. The minimum Gasteiger partial charge on any atom is -0.507 e. The van der Waals surface area contributed by atoms with Crippen molar-refractivity contribution < 1.29 is 15.0 Å². The third-order valence-electron chi connectivity index (χ3n) is 3.92. The van der Waals surface area contributed by atoms with Crippen molar-refractivity contribution in [1.29, 1.82) is 0 Å². The fourth-order valence-electron chi connectivity index (χ4n) is 2.74. The smallest absolute Gasteiger partial charge is 0.307 e. The quantitative estimate of drug-likeness (QED) is 0.896. The highest BCUT2D eigenvalue weighted by Crippen LogP contribution is 2.35. The number of aliphatic carboxylic acids is 1. The standard InChI is InChI=1S/C18H20O3/c1-11-9-15(10-12(2)17(11)19)16(13(3)18(20)21)14-7-5-4-6-8-14/h4-10,13,16,19H,1-3H3,(H,20,21). The number of benzene rings is 2. The Hall–Kier alpha value is -2.29. The van der Waals surface area contributed by atoms with Gasteiger partial charge in [0.25, 0.3) is 0 Å². The molecule has 0 aromatic heterocycles. The van der Waals surface area contributed by atoms with E-state index in [9.17, 15) is 15.0 Å². The van der Waals surface area contributed by atoms with E-state index < -0.39 is 11.9 Å². The lowest BCUT2D eigenvalue weighted by Crippen LogP contribution is -2.20. The van der Waals surface area contributed by atoms with Gasteiger partial charge in [-0.05, 0) is 36.1 Å². The Morgan fingerprint density at radius 1 is 1.00 bits per heavy atom. The highest BCUT2D eigenvalue weighted by Gasteiger charge is 2.27. The van der Waals surface area contributed by atoms with Gasteiger partial charge in [0, 0.05) is 5.92 Å². The Labute approximate surface area is 124 Å². The van der Waals surface area contributed by atoms with Crippen LogP contribution < -0.4 is 0 Å². The number of aryl methyl sites for hydroxylation is 2. The molecule has 3 heteroatoms. The molecule has 2 N–H and O–H groups in total. The van der Waals surface area contributed by atoms with Crippen LogP contribution in [0, 0.1) is 19.8 Å². The van der Waals surface area contributed by atoms with Crippen molar-refractivity contribution in [2.45, 2.75) is 26.7 Å². The number of carboxylic acids is 1. The van der Waals surface area contributed by atoms with E-state index in [1.807, 2.05) is 56.3 Å².